The van der Waals surface area contributed by atoms with E-state index in [4.69, 9.17) is 4.99 Å². The van der Waals surface area contributed by atoms with Gasteiger partial charge < -0.3 is 10.6 Å². The first-order valence-electron chi connectivity index (χ1n) is 10.8. The lowest BCUT2D eigenvalue weighted by molar-refractivity contribution is 0.185. The van der Waals surface area contributed by atoms with Gasteiger partial charge in [0.1, 0.15) is 9.84 Å². The predicted molar refractivity (Wildman–Crippen MR) is 137 cm³/mol. The fraction of sp³-hybridized carbons (Fsp3) is 0.682. The Bertz CT molecular complexity index is 762. The number of benzene rings is 1. The molecule has 1 unspecified atom stereocenters. The molecule has 1 atom stereocenters. The van der Waals surface area contributed by atoms with Crippen molar-refractivity contribution in [2.45, 2.75) is 59.2 Å². The molecule has 30 heavy (non-hydrogen) atoms. The van der Waals surface area contributed by atoms with Crippen molar-refractivity contribution < 1.29 is 8.42 Å². The summed E-state index contributed by atoms with van der Waals surface area (Å²) in [5.41, 5.74) is 2.58. The number of nitrogens with zero attached hydrogens (tertiary/aromatic N) is 2. The SMILES string of the molecule is CCNC(=NCc1ccccc1CN1CCC(C)CC1)NC(C)CCS(C)(=O)=O.I. The van der Waals surface area contributed by atoms with E-state index in [1.807, 2.05) is 13.8 Å². The molecule has 2 N–H and O–H groups in total. The van der Waals surface area contributed by atoms with Crippen molar-refractivity contribution in [2.24, 2.45) is 10.9 Å². The van der Waals surface area contributed by atoms with Crippen molar-refractivity contribution in [3.05, 3.63) is 35.4 Å². The molecule has 0 amide bonds. The van der Waals surface area contributed by atoms with E-state index < -0.39 is 9.84 Å². The molecule has 0 saturated carbocycles. The fourth-order valence-corrected chi connectivity index (χ4v) is 4.29. The average molecular weight is 551 g/mol. The second-order valence-electron chi connectivity index (χ2n) is 8.39. The van der Waals surface area contributed by atoms with E-state index >= 15 is 0 Å². The van der Waals surface area contributed by atoms with Crippen molar-refractivity contribution in [3.63, 3.8) is 0 Å². The van der Waals surface area contributed by atoms with E-state index in [1.54, 1.807) is 0 Å². The van der Waals surface area contributed by atoms with Crippen LogP contribution in [-0.2, 0) is 22.9 Å². The zero-order valence-corrected chi connectivity index (χ0v) is 22.0. The average Bonchev–Trinajstić information content (AvgIpc) is 2.67. The molecular formula is C22H39IN4O2S. The highest BCUT2D eigenvalue weighted by molar-refractivity contribution is 14.0. The third kappa shape index (κ3) is 10.4. The summed E-state index contributed by atoms with van der Waals surface area (Å²) in [6.45, 7) is 11.0. The quantitative estimate of drug-likeness (QED) is 0.280. The summed E-state index contributed by atoms with van der Waals surface area (Å²) in [6.07, 6.45) is 4.40. The Morgan fingerprint density at radius 2 is 1.87 bits per heavy atom. The Balaban J connectivity index is 0.00000450. The number of nitrogens with one attached hydrogen (secondary N) is 2. The van der Waals surface area contributed by atoms with Crippen LogP contribution in [0.25, 0.3) is 0 Å². The Labute approximate surface area is 200 Å². The molecule has 0 aromatic heterocycles. The van der Waals surface area contributed by atoms with Crippen LogP contribution < -0.4 is 10.6 Å². The van der Waals surface area contributed by atoms with Crippen LogP contribution in [0.4, 0.5) is 0 Å². The van der Waals surface area contributed by atoms with E-state index in [0.29, 0.717) is 13.0 Å². The molecule has 8 heteroatoms. The zero-order valence-electron chi connectivity index (χ0n) is 18.9. The molecule has 1 aliphatic rings. The van der Waals surface area contributed by atoms with Crippen LogP contribution in [0.1, 0.15) is 51.2 Å². The van der Waals surface area contributed by atoms with E-state index in [9.17, 15) is 8.42 Å². The van der Waals surface area contributed by atoms with Crippen LogP contribution in [0.5, 0.6) is 0 Å². The largest absolute Gasteiger partial charge is 0.357 e. The highest BCUT2D eigenvalue weighted by Crippen LogP contribution is 2.20. The third-order valence-corrected chi connectivity index (χ3v) is 6.42. The summed E-state index contributed by atoms with van der Waals surface area (Å²) in [5.74, 6) is 1.75. The lowest BCUT2D eigenvalue weighted by atomic mass is 9.98. The van der Waals surface area contributed by atoms with Crippen LogP contribution in [0, 0.1) is 5.92 Å². The first-order chi connectivity index (χ1) is 13.8. The minimum absolute atomic E-state index is 0. The van der Waals surface area contributed by atoms with Crippen LogP contribution in [0.2, 0.25) is 0 Å². The summed E-state index contributed by atoms with van der Waals surface area (Å²) in [6, 6.07) is 8.57. The smallest absolute Gasteiger partial charge is 0.191 e. The van der Waals surface area contributed by atoms with Gasteiger partial charge in [-0.05, 0) is 63.2 Å². The molecular weight excluding hydrogens is 511 g/mol. The number of rotatable bonds is 9. The van der Waals surface area contributed by atoms with Gasteiger partial charge >= 0.3 is 0 Å². The van der Waals surface area contributed by atoms with Gasteiger partial charge in [-0.1, -0.05) is 31.2 Å². The second-order valence-corrected chi connectivity index (χ2v) is 10.6. The summed E-state index contributed by atoms with van der Waals surface area (Å²) >= 11 is 0. The molecule has 0 spiro atoms. The third-order valence-electron chi connectivity index (χ3n) is 5.45. The maximum absolute atomic E-state index is 11.4. The first-order valence-corrected chi connectivity index (χ1v) is 12.8. The van der Waals surface area contributed by atoms with Crippen LogP contribution in [0.15, 0.2) is 29.3 Å². The van der Waals surface area contributed by atoms with Crippen molar-refractivity contribution in [1.82, 2.24) is 15.5 Å². The second kappa shape index (κ2) is 13.5. The molecule has 1 aliphatic heterocycles. The Morgan fingerprint density at radius 1 is 1.23 bits per heavy atom. The number of piperidine rings is 1. The van der Waals surface area contributed by atoms with Gasteiger partial charge in [0.25, 0.3) is 0 Å². The minimum Gasteiger partial charge on any atom is -0.357 e. The van der Waals surface area contributed by atoms with Gasteiger partial charge in [0, 0.05) is 25.4 Å². The molecule has 1 aromatic rings. The summed E-state index contributed by atoms with van der Waals surface area (Å²) < 4.78 is 22.8. The van der Waals surface area contributed by atoms with Gasteiger partial charge in [0.05, 0.1) is 12.3 Å². The normalized spacial score (nSPS) is 17.3. The number of sulfone groups is 1. The molecule has 6 nitrogen and oxygen atoms in total. The highest BCUT2D eigenvalue weighted by atomic mass is 127. The molecule has 0 radical (unpaired) electrons. The number of guanidine groups is 1. The molecule has 1 heterocycles. The van der Waals surface area contributed by atoms with Crippen LogP contribution >= 0.6 is 24.0 Å². The summed E-state index contributed by atoms with van der Waals surface area (Å²) in [4.78, 5) is 7.30. The molecule has 2 rings (SSSR count). The number of likely N-dealkylation sites (tertiary alicyclic amines) is 1. The van der Waals surface area contributed by atoms with Crippen molar-refractivity contribution in [1.29, 1.82) is 0 Å². The monoisotopic (exact) mass is 550 g/mol. The molecule has 0 aliphatic carbocycles. The summed E-state index contributed by atoms with van der Waals surface area (Å²) in [7, 11) is -2.95. The lowest BCUT2D eigenvalue weighted by Gasteiger charge is -2.30. The maximum atomic E-state index is 11.4. The minimum atomic E-state index is -2.95. The van der Waals surface area contributed by atoms with E-state index in [0.717, 1.165) is 25.0 Å². The fourth-order valence-electron chi connectivity index (χ4n) is 3.51. The number of aliphatic imine (C=N–C) groups is 1. The van der Waals surface area contributed by atoms with E-state index in [2.05, 4.69) is 46.7 Å². The van der Waals surface area contributed by atoms with Crippen molar-refractivity contribution in [3.8, 4) is 0 Å². The van der Waals surface area contributed by atoms with Gasteiger partial charge in [0.15, 0.2) is 5.96 Å². The van der Waals surface area contributed by atoms with Gasteiger partial charge in [-0.25, -0.2) is 13.4 Å². The Morgan fingerprint density at radius 3 is 2.47 bits per heavy atom. The van der Waals surface area contributed by atoms with Gasteiger partial charge in [0.2, 0.25) is 0 Å². The molecule has 1 fully saturated rings. The molecule has 172 valence electrons. The van der Waals surface area contributed by atoms with Crippen molar-refractivity contribution >= 4 is 39.8 Å². The molecule has 1 aromatic carbocycles. The Hall–Kier alpha value is -0.870. The van der Waals surface area contributed by atoms with Crippen LogP contribution in [-0.4, -0.2) is 57.0 Å². The van der Waals surface area contributed by atoms with Crippen molar-refractivity contribution in [2.75, 3.05) is 31.6 Å². The van der Waals surface area contributed by atoms with Gasteiger partial charge in [-0.15, -0.1) is 24.0 Å². The van der Waals surface area contributed by atoms with Crippen LogP contribution in [0.3, 0.4) is 0 Å². The van der Waals surface area contributed by atoms with Gasteiger partial charge in [-0.3, -0.25) is 4.90 Å². The highest BCUT2D eigenvalue weighted by Gasteiger charge is 2.16. The number of hydrogen-bond donors (Lipinski definition) is 2. The maximum Gasteiger partial charge on any atom is 0.191 e. The lowest BCUT2D eigenvalue weighted by Crippen LogP contribution is -2.42. The molecule has 0 bridgehead atoms. The summed E-state index contributed by atoms with van der Waals surface area (Å²) in [5, 5.41) is 6.60. The van der Waals surface area contributed by atoms with E-state index in [1.165, 1.54) is 43.3 Å². The van der Waals surface area contributed by atoms with Gasteiger partial charge in [-0.2, -0.15) is 0 Å². The number of hydrogen-bond acceptors (Lipinski definition) is 4. The number of halogens is 1. The first kappa shape index (κ1) is 27.2. The zero-order chi connectivity index (χ0) is 21.3. The topological polar surface area (TPSA) is 73.8 Å². The Kier molecular flexibility index (Phi) is 12.2. The van der Waals surface area contributed by atoms with E-state index in [-0.39, 0.29) is 35.8 Å². The molecule has 1 saturated heterocycles. The standard InChI is InChI=1S/C22H38N4O2S.HI/c1-5-23-22(25-19(3)12-15-29(4,27)28)24-16-20-8-6-7-9-21(20)17-26-13-10-18(2)11-14-26;/h6-9,18-19H,5,10-17H2,1-4H3,(H2,23,24,25);1H. The predicted octanol–water partition coefficient (Wildman–Crippen LogP) is 3.41.